The fraction of sp³-hybridized carbons (Fsp3) is 0.455. The lowest BCUT2D eigenvalue weighted by Gasteiger charge is -2.35. The fourth-order valence-electron chi connectivity index (χ4n) is 4.39. The van der Waals surface area contributed by atoms with Crippen LogP contribution in [-0.2, 0) is 16.1 Å². The summed E-state index contributed by atoms with van der Waals surface area (Å²) in [6.45, 7) is 2.41. The number of fused-ring (bicyclic) bond motifs is 1. The monoisotopic (exact) mass is 440 g/mol. The van der Waals surface area contributed by atoms with Gasteiger partial charge < -0.3 is 23.8 Å². The highest BCUT2D eigenvalue weighted by Crippen LogP contribution is 2.50. The van der Waals surface area contributed by atoms with Crippen molar-refractivity contribution in [1.29, 1.82) is 0 Å². The van der Waals surface area contributed by atoms with Gasteiger partial charge in [0, 0.05) is 57.3 Å². The largest absolute Gasteiger partial charge is 0.454 e. The SMILES string of the molecule is O=C(CCn1ccc(=O)[nH]c1=O)N1CCN(C(=O)[C@@H]2C[C@@H]2c2ccc3c(c2)OCO3)CC1. The third kappa shape index (κ3) is 4.00. The molecule has 2 fully saturated rings. The molecule has 1 aromatic heterocycles. The quantitative estimate of drug-likeness (QED) is 0.707. The van der Waals surface area contributed by atoms with Gasteiger partial charge in [0.25, 0.3) is 5.56 Å². The van der Waals surface area contributed by atoms with Crippen LogP contribution in [0.5, 0.6) is 11.5 Å². The number of hydrogen-bond donors (Lipinski definition) is 1. The second-order valence-electron chi connectivity index (χ2n) is 8.32. The molecule has 168 valence electrons. The van der Waals surface area contributed by atoms with E-state index in [2.05, 4.69) is 4.98 Å². The number of aryl methyl sites for hydroxylation is 1. The molecule has 2 amide bonds. The van der Waals surface area contributed by atoms with Gasteiger partial charge in [-0.05, 0) is 30.0 Å². The van der Waals surface area contributed by atoms with Crippen LogP contribution in [0.25, 0.3) is 0 Å². The minimum Gasteiger partial charge on any atom is -0.454 e. The summed E-state index contributed by atoms with van der Waals surface area (Å²) in [4.78, 5) is 54.0. The second-order valence-corrected chi connectivity index (χ2v) is 8.32. The standard InChI is InChI=1S/C22H24N4O6/c27-19-3-5-26(22(30)23-19)6-4-20(28)24-7-9-25(10-8-24)21(29)16-12-15(16)14-1-2-17-18(11-14)32-13-31-17/h1-3,5,11,15-16H,4,6-10,12-13H2,(H,23,27,30)/t15-,16-/m1/s1. The number of aromatic amines is 1. The summed E-state index contributed by atoms with van der Waals surface area (Å²) in [5.41, 5.74) is 0.107. The fourth-order valence-corrected chi connectivity index (χ4v) is 4.39. The maximum atomic E-state index is 12.9. The van der Waals surface area contributed by atoms with Crippen molar-refractivity contribution in [1.82, 2.24) is 19.4 Å². The summed E-state index contributed by atoms with van der Waals surface area (Å²) < 4.78 is 12.1. The average molecular weight is 440 g/mol. The van der Waals surface area contributed by atoms with Crippen LogP contribution in [0.3, 0.4) is 0 Å². The smallest absolute Gasteiger partial charge is 0.328 e. The highest BCUT2D eigenvalue weighted by atomic mass is 16.7. The van der Waals surface area contributed by atoms with Gasteiger partial charge in [0.15, 0.2) is 11.5 Å². The zero-order chi connectivity index (χ0) is 22.2. The van der Waals surface area contributed by atoms with Crippen LogP contribution in [0.1, 0.15) is 24.3 Å². The number of nitrogens with zero attached hydrogens (tertiary/aromatic N) is 3. The summed E-state index contributed by atoms with van der Waals surface area (Å²) in [7, 11) is 0. The van der Waals surface area contributed by atoms with Gasteiger partial charge in [-0.3, -0.25) is 19.4 Å². The normalized spacial score (nSPS) is 21.5. The van der Waals surface area contributed by atoms with E-state index >= 15 is 0 Å². The number of H-pyrrole nitrogens is 1. The Morgan fingerprint density at radius 3 is 2.53 bits per heavy atom. The molecule has 32 heavy (non-hydrogen) atoms. The van der Waals surface area contributed by atoms with E-state index in [-0.39, 0.29) is 43.4 Å². The molecule has 5 rings (SSSR count). The van der Waals surface area contributed by atoms with Crippen molar-refractivity contribution in [3.05, 3.63) is 56.9 Å². The molecule has 0 bridgehead atoms. The summed E-state index contributed by atoms with van der Waals surface area (Å²) in [5, 5.41) is 0. The van der Waals surface area contributed by atoms with Crippen LogP contribution in [0.4, 0.5) is 0 Å². The molecule has 1 aliphatic carbocycles. The third-order valence-corrected chi connectivity index (χ3v) is 6.34. The van der Waals surface area contributed by atoms with Crippen LogP contribution < -0.4 is 20.7 Å². The predicted molar refractivity (Wildman–Crippen MR) is 113 cm³/mol. The summed E-state index contributed by atoms with van der Waals surface area (Å²) >= 11 is 0. The van der Waals surface area contributed by atoms with E-state index in [0.717, 1.165) is 23.5 Å². The molecule has 10 nitrogen and oxygen atoms in total. The molecule has 1 saturated heterocycles. The molecule has 1 saturated carbocycles. The Morgan fingerprint density at radius 1 is 1.00 bits per heavy atom. The van der Waals surface area contributed by atoms with Gasteiger partial charge in [0.05, 0.1) is 0 Å². The van der Waals surface area contributed by atoms with E-state index in [1.54, 1.807) is 4.90 Å². The minimum atomic E-state index is -0.526. The van der Waals surface area contributed by atoms with Gasteiger partial charge in [-0.25, -0.2) is 4.79 Å². The number of carbonyl (C=O) groups excluding carboxylic acids is 2. The van der Waals surface area contributed by atoms with Crippen molar-refractivity contribution >= 4 is 11.8 Å². The molecule has 0 spiro atoms. The van der Waals surface area contributed by atoms with Crippen LogP contribution >= 0.6 is 0 Å². The molecule has 2 aliphatic heterocycles. The first kappa shape index (κ1) is 20.3. The van der Waals surface area contributed by atoms with Gasteiger partial charge in [-0.1, -0.05) is 6.07 Å². The Hall–Kier alpha value is -3.56. The lowest BCUT2D eigenvalue weighted by molar-refractivity contribution is -0.140. The number of aromatic nitrogens is 2. The summed E-state index contributed by atoms with van der Waals surface area (Å²) in [5.74, 6) is 1.72. The number of benzene rings is 1. The molecule has 3 heterocycles. The van der Waals surface area contributed by atoms with E-state index in [1.807, 2.05) is 23.1 Å². The summed E-state index contributed by atoms with van der Waals surface area (Å²) in [6.07, 6.45) is 2.37. The Bertz CT molecular complexity index is 1160. The van der Waals surface area contributed by atoms with E-state index in [1.165, 1.54) is 16.8 Å². The van der Waals surface area contributed by atoms with Crippen molar-refractivity contribution in [2.24, 2.45) is 5.92 Å². The number of carbonyl (C=O) groups is 2. The predicted octanol–water partition coefficient (Wildman–Crippen LogP) is 0.130. The number of rotatable bonds is 5. The molecular weight excluding hydrogens is 416 g/mol. The highest BCUT2D eigenvalue weighted by molar-refractivity contribution is 5.83. The number of piperazine rings is 1. The lowest BCUT2D eigenvalue weighted by atomic mass is 10.1. The zero-order valence-corrected chi connectivity index (χ0v) is 17.5. The number of amides is 2. The highest BCUT2D eigenvalue weighted by Gasteiger charge is 2.46. The number of ether oxygens (including phenoxy) is 2. The average Bonchev–Trinajstić information content (AvgIpc) is 3.46. The maximum Gasteiger partial charge on any atom is 0.328 e. The summed E-state index contributed by atoms with van der Waals surface area (Å²) in [6, 6.07) is 7.11. The van der Waals surface area contributed by atoms with Gasteiger partial charge >= 0.3 is 5.69 Å². The van der Waals surface area contributed by atoms with Crippen LogP contribution in [0.2, 0.25) is 0 Å². The second kappa shape index (κ2) is 8.18. The molecule has 0 unspecified atom stereocenters. The van der Waals surface area contributed by atoms with E-state index in [4.69, 9.17) is 9.47 Å². The first-order valence-corrected chi connectivity index (χ1v) is 10.8. The maximum absolute atomic E-state index is 12.9. The van der Waals surface area contributed by atoms with E-state index in [0.29, 0.717) is 26.2 Å². The van der Waals surface area contributed by atoms with Gasteiger partial charge in [0.1, 0.15) is 0 Å². The third-order valence-electron chi connectivity index (χ3n) is 6.34. The molecule has 2 atom stereocenters. The van der Waals surface area contributed by atoms with Gasteiger partial charge in [0.2, 0.25) is 18.6 Å². The van der Waals surface area contributed by atoms with Crippen LogP contribution in [0.15, 0.2) is 40.1 Å². The topological polar surface area (TPSA) is 114 Å². The van der Waals surface area contributed by atoms with Crippen molar-refractivity contribution in [3.8, 4) is 11.5 Å². The Balaban J connectivity index is 1.11. The molecular formula is C22H24N4O6. The first-order valence-electron chi connectivity index (χ1n) is 10.8. The van der Waals surface area contributed by atoms with Crippen molar-refractivity contribution < 1.29 is 19.1 Å². The molecule has 0 radical (unpaired) electrons. The van der Waals surface area contributed by atoms with E-state index in [9.17, 15) is 19.2 Å². The number of nitrogens with one attached hydrogen (secondary N) is 1. The minimum absolute atomic E-state index is 0.0234. The van der Waals surface area contributed by atoms with Crippen molar-refractivity contribution in [2.45, 2.75) is 25.3 Å². The molecule has 1 aromatic carbocycles. The van der Waals surface area contributed by atoms with Crippen molar-refractivity contribution in [3.63, 3.8) is 0 Å². The Kier molecular flexibility index (Phi) is 5.20. The lowest BCUT2D eigenvalue weighted by Crippen LogP contribution is -2.51. The molecule has 2 aromatic rings. The Labute approximate surface area is 183 Å². The van der Waals surface area contributed by atoms with Gasteiger partial charge in [-0.2, -0.15) is 0 Å². The van der Waals surface area contributed by atoms with E-state index < -0.39 is 11.2 Å². The zero-order valence-electron chi connectivity index (χ0n) is 17.5. The first-order chi connectivity index (χ1) is 15.5. The number of hydrogen-bond acceptors (Lipinski definition) is 6. The van der Waals surface area contributed by atoms with Crippen LogP contribution in [0, 0.1) is 5.92 Å². The Morgan fingerprint density at radius 2 is 1.75 bits per heavy atom. The van der Waals surface area contributed by atoms with Gasteiger partial charge in [-0.15, -0.1) is 0 Å². The molecule has 3 aliphatic rings. The molecule has 10 heteroatoms. The van der Waals surface area contributed by atoms with Crippen LogP contribution in [-0.4, -0.2) is 64.1 Å². The van der Waals surface area contributed by atoms with Crippen molar-refractivity contribution in [2.75, 3.05) is 33.0 Å². The molecule has 1 N–H and O–H groups in total.